The van der Waals surface area contributed by atoms with Crippen molar-refractivity contribution in [1.82, 2.24) is 26.6 Å². The lowest BCUT2D eigenvalue weighted by Crippen LogP contribution is -2.58. The van der Waals surface area contributed by atoms with Crippen LogP contribution in [0.1, 0.15) is 78.9 Å². The standard InChI is InChI=1S/C39H58N6O8/c1-22(2)17-29(43-39(53)35(24(5)6)45-38(52)32(41-25(7)46)20-27-13-15-28(47)16-14-27)33(48)21-34(49)42-31(18-23(3)4)37(51)44-30(36(40)50)19-26-11-9-8-10-12-26/h8-16,22-24,29-33,35,47-48H,17-21H2,1-7H3,(H2,40,50)(H,41,46)(H,42,49)(H,43,53)(H,44,51)(H,45,52)/t29-,30-,31-,32-,33-,35-/m0/s1. The molecule has 2 aromatic carbocycles. The number of phenols is 1. The average molecular weight is 739 g/mol. The van der Waals surface area contributed by atoms with Crippen molar-refractivity contribution in [3.8, 4) is 5.75 Å². The van der Waals surface area contributed by atoms with Crippen LogP contribution in [0.5, 0.6) is 5.75 Å². The summed E-state index contributed by atoms with van der Waals surface area (Å²) in [6, 6.07) is 10.2. The number of hydrogen-bond acceptors (Lipinski definition) is 8. The molecule has 0 fully saturated rings. The molecule has 0 aliphatic rings. The summed E-state index contributed by atoms with van der Waals surface area (Å²) in [4.78, 5) is 77.9. The Hall–Kier alpha value is -4.98. The van der Waals surface area contributed by atoms with E-state index in [1.165, 1.54) is 19.1 Å². The van der Waals surface area contributed by atoms with E-state index in [0.29, 0.717) is 12.0 Å². The van der Waals surface area contributed by atoms with Gasteiger partial charge in [0.25, 0.3) is 0 Å². The molecule has 0 heterocycles. The highest BCUT2D eigenvalue weighted by atomic mass is 16.3. The summed E-state index contributed by atoms with van der Waals surface area (Å²) in [5.41, 5.74) is 7.06. The van der Waals surface area contributed by atoms with E-state index in [9.17, 15) is 39.0 Å². The molecule has 53 heavy (non-hydrogen) atoms. The third-order valence-corrected chi connectivity index (χ3v) is 8.53. The topological polar surface area (TPSA) is 229 Å². The number of benzene rings is 2. The fourth-order valence-electron chi connectivity index (χ4n) is 5.84. The predicted octanol–water partition coefficient (Wildman–Crippen LogP) is 1.61. The zero-order chi connectivity index (χ0) is 39.8. The second-order valence-corrected chi connectivity index (χ2v) is 14.8. The molecular weight excluding hydrogens is 680 g/mol. The van der Waals surface area contributed by atoms with Gasteiger partial charge in [-0.1, -0.05) is 84.0 Å². The highest BCUT2D eigenvalue weighted by Crippen LogP contribution is 2.15. The Labute approximate surface area is 312 Å². The van der Waals surface area contributed by atoms with Crippen LogP contribution < -0.4 is 32.3 Å². The minimum atomic E-state index is -1.36. The van der Waals surface area contributed by atoms with Crippen molar-refractivity contribution in [2.45, 2.75) is 117 Å². The van der Waals surface area contributed by atoms with Gasteiger partial charge in [0.05, 0.1) is 18.6 Å². The van der Waals surface area contributed by atoms with E-state index in [2.05, 4.69) is 26.6 Å². The Balaban J connectivity index is 2.16. The fourth-order valence-corrected chi connectivity index (χ4v) is 5.84. The number of aromatic hydroxyl groups is 1. The lowest BCUT2D eigenvalue weighted by Gasteiger charge is -2.30. The molecule has 0 aromatic heterocycles. The minimum Gasteiger partial charge on any atom is -0.508 e. The number of amides is 6. The first kappa shape index (κ1) is 44.2. The molecule has 0 aliphatic carbocycles. The number of phenolic OH excluding ortho intramolecular Hbond substituents is 1. The maximum absolute atomic E-state index is 13.7. The minimum absolute atomic E-state index is 0.00521. The van der Waals surface area contributed by atoms with Gasteiger partial charge < -0.3 is 42.5 Å². The van der Waals surface area contributed by atoms with Crippen molar-refractivity contribution in [2.75, 3.05) is 0 Å². The third-order valence-electron chi connectivity index (χ3n) is 8.53. The first-order chi connectivity index (χ1) is 24.9. The molecule has 2 aromatic rings. The molecule has 0 saturated heterocycles. The molecule has 14 heteroatoms. The molecule has 0 unspecified atom stereocenters. The summed E-state index contributed by atoms with van der Waals surface area (Å²) in [7, 11) is 0. The number of rotatable bonds is 21. The summed E-state index contributed by atoms with van der Waals surface area (Å²) in [6.45, 7) is 12.3. The first-order valence-electron chi connectivity index (χ1n) is 18.1. The Morgan fingerprint density at radius 3 is 1.72 bits per heavy atom. The largest absolute Gasteiger partial charge is 0.508 e. The molecule has 14 nitrogen and oxygen atoms in total. The van der Waals surface area contributed by atoms with Crippen molar-refractivity contribution < 1.29 is 39.0 Å². The molecule has 0 bridgehead atoms. The number of carbonyl (C=O) groups is 6. The van der Waals surface area contributed by atoms with Gasteiger partial charge in [-0.2, -0.15) is 0 Å². The van der Waals surface area contributed by atoms with E-state index >= 15 is 0 Å². The summed E-state index contributed by atoms with van der Waals surface area (Å²) in [6.07, 6.45) is -0.982. The Kier molecular flexibility index (Phi) is 17.9. The second kappa shape index (κ2) is 21.5. The first-order valence-corrected chi connectivity index (χ1v) is 18.1. The molecule has 0 aliphatic heterocycles. The number of aliphatic hydroxyl groups excluding tert-OH is 1. The molecule has 0 spiro atoms. The highest BCUT2D eigenvalue weighted by Gasteiger charge is 2.33. The van der Waals surface area contributed by atoms with Crippen LogP contribution in [0.25, 0.3) is 0 Å². The van der Waals surface area contributed by atoms with Crippen LogP contribution in [0.15, 0.2) is 54.6 Å². The van der Waals surface area contributed by atoms with E-state index in [0.717, 1.165) is 5.56 Å². The lowest BCUT2D eigenvalue weighted by atomic mass is 9.95. The second-order valence-electron chi connectivity index (χ2n) is 14.8. The summed E-state index contributed by atoms with van der Waals surface area (Å²) in [5, 5.41) is 34.4. The quantitative estimate of drug-likeness (QED) is 0.0936. The van der Waals surface area contributed by atoms with Crippen LogP contribution in [-0.2, 0) is 41.6 Å². The Bertz CT molecular complexity index is 1520. The van der Waals surface area contributed by atoms with Gasteiger partial charge in [-0.05, 0) is 53.9 Å². The maximum atomic E-state index is 13.7. The summed E-state index contributed by atoms with van der Waals surface area (Å²) < 4.78 is 0. The van der Waals surface area contributed by atoms with Gasteiger partial charge in [-0.3, -0.25) is 28.8 Å². The van der Waals surface area contributed by atoms with Crippen molar-refractivity contribution in [2.24, 2.45) is 23.5 Å². The molecular formula is C39H58N6O8. The van der Waals surface area contributed by atoms with Gasteiger partial charge in [0.2, 0.25) is 35.4 Å². The Morgan fingerprint density at radius 2 is 1.19 bits per heavy atom. The van der Waals surface area contributed by atoms with Crippen molar-refractivity contribution in [3.05, 3.63) is 65.7 Å². The maximum Gasteiger partial charge on any atom is 0.243 e. The van der Waals surface area contributed by atoms with Crippen LogP contribution in [-0.4, -0.2) is 82.0 Å². The number of aliphatic hydroxyl groups is 1. The lowest BCUT2D eigenvalue weighted by molar-refractivity contribution is -0.134. The van der Waals surface area contributed by atoms with E-state index in [4.69, 9.17) is 5.73 Å². The summed E-state index contributed by atoms with van der Waals surface area (Å²) in [5.74, 6) is -3.94. The van der Waals surface area contributed by atoms with Gasteiger partial charge in [0.15, 0.2) is 0 Å². The molecule has 0 saturated carbocycles. The predicted molar refractivity (Wildman–Crippen MR) is 201 cm³/mol. The van der Waals surface area contributed by atoms with E-state index in [1.807, 2.05) is 45.9 Å². The number of nitrogens with one attached hydrogen (secondary N) is 5. The number of carbonyl (C=O) groups excluding carboxylic acids is 6. The summed E-state index contributed by atoms with van der Waals surface area (Å²) >= 11 is 0. The van der Waals surface area contributed by atoms with E-state index in [-0.39, 0.29) is 36.8 Å². The van der Waals surface area contributed by atoms with Crippen molar-refractivity contribution in [1.29, 1.82) is 0 Å². The molecule has 6 atom stereocenters. The molecule has 0 radical (unpaired) electrons. The highest BCUT2D eigenvalue weighted by molar-refractivity contribution is 5.93. The fraction of sp³-hybridized carbons (Fsp3) is 0.538. The van der Waals surface area contributed by atoms with E-state index in [1.54, 1.807) is 38.1 Å². The monoisotopic (exact) mass is 738 g/mol. The molecule has 292 valence electrons. The number of nitrogens with two attached hydrogens (primary N) is 1. The van der Waals surface area contributed by atoms with Crippen molar-refractivity contribution >= 4 is 35.4 Å². The van der Waals surface area contributed by atoms with Crippen molar-refractivity contribution in [3.63, 3.8) is 0 Å². The average Bonchev–Trinajstić information content (AvgIpc) is 3.06. The third kappa shape index (κ3) is 16.1. The van der Waals surface area contributed by atoms with Gasteiger partial charge in [-0.15, -0.1) is 0 Å². The Morgan fingerprint density at radius 1 is 0.642 bits per heavy atom. The zero-order valence-corrected chi connectivity index (χ0v) is 31.8. The zero-order valence-electron chi connectivity index (χ0n) is 31.8. The van der Waals surface area contributed by atoms with Gasteiger partial charge in [0, 0.05) is 19.8 Å². The van der Waals surface area contributed by atoms with Gasteiger partial charge in [0.1, 0.15) is 29.9 Å². The normalized spacial score (nSPS) is 14.7. The van der Waals surface area contributed by atoms with Crippen LogP contribution >= 0.6 is 0 Å². The van der Waals surface area contributed by atoms with E-state index < -0.39 is 84.1 Å². The van der Waals surface area contributed by atoms with Crippen LogP contribution in [0.3, 0.4) is 0 Å². The molecule has 9 N–H and O–H groups in total. The molecule has 2 rings (SSSR count). The van der Waals surface area contributed by atoms with Crippen LogP contribution in [0.4, 0.5) is 0 Å². The van der Waals surface area contributed by atoms with Gasteiger partial charge in [-0.25, -0.2) is 0 Å². The number of primary amides is 1. The SMILES string of the molecule is CC(=O)N[C@@H](Cc1ccc(O)cc1)C(=O)N[C@H](C(=O)N[C@@H](CC(C)C)[C@@H](O)CC(=O)N[C@@H](CC(C)C)C(=O)N[C@@H](Cc1ccccc1)C(N)=O)C(C)C. The van der Waals surface area contributed by atoms with Gasteiger partial charge >= 0.3 is 0 Å². The molecule has 6 amide bonds. The van der Waals surface area contributed by atoms with Crippen LogP contribution in [0, 0.1) is 17.8 Å². The smallest absolute Gasteiger partial charge is 0.243 e. The van der Waals surface area contributed by atoms with Crippen LogP contribution in [0.2, 0.25) is 0 Å². The number of hydrogen-bond donors (Lipinski definition) is 8.